The fraction of sp³-hybridized carbons (Fsp3) is 1.00. The summed E-state index contributed by atoms with van der Waals surface area (Å²) >= 11 is 0. The molecule has 0 saturated heterocycles. The smallest absolute Gasteiger partial charge is 0.0292 e. The number of rotatable bonds is 0. The highest BCUT2D eigenvalue weighted by atomic mass is 14.6. The minimum absolute atomic E-state index is 0.618. The molecule has 242 valence electrons. The number of hydrogen-bond donors (Lipinski definition) is 0. The van der Waals surface area contributed by atoms with Gasteiger partial charge in [-0.25, -0.2) is 0 Å². The highest BCUT2D eigenvalue weighted by molar-refractivity contribution is 5.03. The van der Waals surface area contributed by atoms with Crippen LogP contribution >= 0.6 is 0 Å². The van der Waals surface area contributed by atoms with E-state index < -0.39 is 0 Å². The van der Waals surface area contributed by atoms with Gasteiger partial charge in [-0.05, 0) is 254 Å². The lowest BCUT2D eigenvalue weighted by Crippen LogP contribution is -2.50. The molecule has 0 amide bonds. The molecule has 13 unspecified atom stereocenters. The van der Waals surface area contributed by atoms with Gasteiger partial charge < -0.3 is 0 Å². The minimum Gasteiger partial charge on any atom is -0.0594 e. The van der Waals surface area contributed by atoms with E-state index in [1.807, 2.05) is 0 Å². The normalized spacial score (nSPS) is 56.0. The van der Waals surface area contributed by atoms with Crippen molar-refractivity contribution >= 4 is 0 Å². The lowest BCUT2D eigenvalue weighted by atomic mass is 9.47. The molecule has 0 heterocycles. The molecule has 0 aromatic heterocycles. The van der Waals surface area contributed by atoms with Gasteiger partial charge in [-0.3, -0.25) is 0 Å². The molecule has 9 aliphatic carbocycles. The van der Waals surface area contributed by atoms with Crippen LogP contribution in [0.2, 0.25) is 0 Å². The van der Waals surface area contributed by atoms with Crippen LogP contribution in [0, 0.1) is 100 Å². The Bertz CT molecular complexity index is 901. The fourth-order valence-corrected chi connectivity index (χ4v) is 14.4. The van der Waals surface area contributed by atoms with Crippen molar-refractivity contribution in [3.63, 3.8) is 0 Å². The zero-order valence-electron chi connectivity index (χ0n) is 28.7. The van der Waals surface area contributed by atoms with Crippen LogP contribution in [0.4, 0.5) is 0 Å². The van der Waals surface area contributed by atoms with Gasteiger partial charge in [0.1, 0.15) is 0 Å². The summed E-state index contributed by atoms with van der Waals surface area (Å²) in [6.07, 6.45) is 38.6. The molecule has 9 fully saturated rings. The molecule has 0 aromatic carbocycles. The van der Waals surface area contributed by atoms with E-state index in [9.17, 15) is 0 Å². The van der Waals surface area contributed by atoms with E-state index in [2.05, 4.69) is 13.8 Å². The van der Waals surface area contributed by atoms with Crippen molar-refractivity contribution in [2.24, 2.45) is 100 Å². The van der Waals surface area contributed by atoms with Gasteiger partial charge in [0.2, 0.25) is 0 Å². The molecule has 0 spiro atoms. The van der Waals surface area contributed by atoms with Gasteiger partial charge in [-0.2, -0.15) is 0 Å². The maximum Gasteiger partial charge on any atom is -0.0292 e. The monoisotopic (exact) mass is 587 g/mol. The molecule has 0 heteroatoms. The summed E-state index contributed by atoms with van der Waals surface area (Å²) in [4.78, 5) is 0. The Morgan fingerprint density at radius 1 is 0.233 bits per heavy atom. The van der Waals surface area contributed by atoms with Gasteiger partial charge in [0.05, 0.1) is 0 Å². The molecule has 16 atom stereocenters. The van der Waals surface area contributed by atoms with Gasteiger partial charge in [0, 0.05) is 0 Å². The summed E-state index contributed by atoms with van der Waals surface area (Å²) in [5.41, 5.74) is 0.618. The third kappa shape index (κ3) is 5.26. The molecule has 0 aliphatic heterocycles. The Balaban J connectivity index is 0.875. The summed E-state index contributed by atoms with van der Waals surface area (Å²) in [6.45, 7) is 5.53. The van der Waals surface area contributed by atoms with Crippen molar-refractivity contribution in [1.82, 2.24) is 0 Å². The Hall–Kier alpha value is 0. The number of hydrogen-bond acceptors (Lipinski definition) is 0. The van der Waals surface area contributed by atoms with Gasteiger partial charge in [0.15, 0.2) is 0 Å². The van der Waals surface area contributed by atoms with Crippen LogP contribution in [-0.4, -0.2) is 0 Å². The van der Waals surface area contributed by atoms with Crippen molar-refractivity contribution in [3.05, 3.63) is 0 Å². The summed E-state index contributed by atoms with van der Waals surface area (Å²) in [6, 6.07) is 0. The second-order valence-electron chi connectivity index (χ2n) is 20.3. The largest absolute Gasteiger partial charge is 0.0594 e. The first-order valence-corrected chi connectivity index (χ1v) is 21.0. The first-order chi connectivity index (χ1) is 21.0. The molecule has 0 radical (unpaired) electrons. The topological polar surface area (TPSA) is 0 Å². The first-order valence-electron chi connectivity index (χ1n) is 21.0. The highest BCUT2D eigenvalue weighted by Crippen LogP contribution is 2.62. The zero-order valence-corrected chi connectivity index (χ0v) is 28.7. The van der Waals surface area contributed by atoms with E-state index >= 15 is 0 Å². The Labute approximate surface area is 267 Å². The van der Waals surface area contributed by atoms with E-state index in [1.54, 1.807) is 154 Å². The quantitative estimate of drug-likeness (QED) is 0.265. The predicted molar refractivity (Wildman–Crippen MR) is 180 cm³/mol. The lowest BCUT2D eigenvalue weighted by Gasteiger charge is -2.58. The molecular weight excluding hydrogens is 516 g/mol. The zero-order chi connectivity index (χ0) is 28.7. The fourth-order valence-electron chi connectivity index (χ4n) is 14.4. The molecule has 9 rings (SSSR count). The van der Waals surface area contributed by atoms with Crippen LogP contribution in [0.15, 0.2) is 0 Å². The molecule has 9 saturated carbocycles. The highest BCUT2D eigenvalue weighted by Gasteiger charge is 2.53. The van der Waals surface area contributed by atoms with Crippen molar-refractivity contribution in [2.45, 2.75) is 168 Å². The predicted octanol–water partition coefficient (Wildman–Crippen LogP) is 12.4. The Morgan fingerprint density at radius 3 is 0.628 bits per heavy atom. The van der Waals surface area contributed by atoms with Crippen molar-refractivity contribution in [3.8, 4) is 0 Å². The van der Waals surface area contributed by atoms with Crippen LogP contribution in [0.5, 0.6) is 0 Å². The number of fused-ring (bicyclic) bond motifs is 8. The average Bonchev–Trinajstić information content (AvgIpc) is 2.85. The molecule has 0 aromatic rings. The molecule has 9 aliphatic rings. The average molecular weight is 587 g/mol. The standard InChI is InChI=1S/C43H70/c1-43(2)41-19-17-39(41)25-37-15-13-35(37)23-33-11-9-31(33)21-29-7-5-27(29)3-4-28-6-8-30(28)22-32-10-12-34(32)24-36-14-16-38(36)26-40-18-20-42(40)43/h27-42H,3-26H2,1-2H3/t27-,28?,29?,30?,31?,32?,33?,34?,35?,36-,37?,38+,39?,40?,41?,42?/m1/s1. The van der Waals surface area contributed by atoms with Gasteiger partial charge in [0.25, 0.3) is 0 Å². The second-order valence-corrected chi connectivity index (χ2v) is 20.3. The van der Waals surface area contributed by atoms with Crippen molar-refractivity contribution < 1.29 is 0 Å². The summed E-state index contributed by atoms with van der Waals surface area (Å²) in [7, 11) is 0. The van der Waals surface area contributed by atoms with Gasteiger partial charge >= 0.3 is 0 Å². The summed E-state index contributed by atoms with van der Waals surface area (Å²) in [5, 5.41) is 0. The van der Waals surface area contributed by atoms with E-state index in [4.69, 9.17) is 0 Å². The van der Waals surface area contributed by atoms with E-state index in [0.717, 1.165) is 94.7 Å². The first kappa shape index (κ1) is 29.2. The van der Waals surface area contributed by atoms with Crippen LogP contribution in [0.25, 0.3) is 0 Å². The third-order valence-corrected chi connectivity index (χ3v) is 18.7. The maximum absolute atomic E-state index is 2.77. The van der Waals surface area contributed by atoms with Crippen LogP contribution in [-0.2, 0) is 0 Å². The van der Waals surface area contributed by atoms with Crippen LogP contribution in [0.3, 0.4) is 0 Å². The molecular formula is C43H70. The van der Waals surface area contributed by atoms with E-state index in [-0.39, 0.29) is 0 Å². The van der Waals surface area contributed by atoms with Gasteiger partial charge in [-0.15, -0.1) is 0 Å². The van der Waals surface area contributed by atoms with Crippen LogP contribution in [0.1, 0.15) is 168 Å². The molecule has 0 N–H and O–H groups in total. The summed E-state index contributed by atoms with van der Waals surface area (Å²) in [5.74, 6) is 17.9. The maximum atomic E-state index is 2.77. The van der Waals surface area contributed by atoms with Crippen molar-refractivity contribution in [1.29, 1.82) is 0 Å². The second kappa shape index (κ2) is 11.6. The van der Waals surface area contributed by atoms with Gasteiger partial charge in [-0.1, -0.05) is 13.8 Å². The SMILES string of the molecule is CC1(C)C2CCC2CC2CCC2CC2CCC2CC2CC[C@H]2CCC2CCC2CC2CCC2C[C@H]2CC[C@H]2CC2CCC21. The molecule has 0 nitrogen and oxygen atoms in total. The van der Waals surface area contributed by atoms with Crippen molar-refractivity contribution in [2.75, 3.05) is 0 Å². The molecule has 0 bridgehead atoms. The molecule has 43 heavy (non-hydrogen) atoms. The Morgan fingerprint density at radius 2 is 0.419 bits per heavy atom. The van der Waals surface area contributed by atoms with Crippen LogP contribution < -0.4 is 0 Å². The lowest BCUT2D eigenvalue weighted by molar-refractivity contribution is -0.0881. The third-order valence-electron chi connectivity index (χ3n) is 18.7. The van der Waals surface area contributed by atoms with E-state index in [0.29, 0.717) is 5.41 Å². The Kier molecular flexibility index (Phi) is 7.87. The van der Waals surface area contributed by atoms with E-state index in [1.165, 1.54) is 0 Å². The summed E-state index contributed by atoms with van der Waals surface area (Å²) < 4.78 is 0. The minimum atomic E-state index is 0.618.